The molecule has 2 amide bonds. The van der Waals surface area contributed by atoms with Gasteiger partial charge in [-0.2, -0.15) is 11.8 Å². The van der Waals surface area contributed by atoms with E-state index in [1.165, 1.54) is 22.5 Å². The fourth-order valence-electron chi connectivity index (χ4n) is 2.68. The molecule has 1 aromatic heterocycles. The molecule has 4 nitrogen and oxygen atoms in total. The van der Waals surface area contributed by atoms with Crippen LogP contribution in [-0.4, -0.2) is 40.5 Å². The van der Waals surface area contributed by atoms with Crippen LogP contribution < -0.4 is 5.32 Å². The molecule has 1 aromatic carbocycles. The Morgan fingerprint density at radius 1 is 1.27 bits per heavy atom. The maximum Gasteiger partial charge on any atom is 0.321 e. The first-order valence-corrected chi connectivity index (χ1v) is 9.81. The summed E-state index contributed by atoms with van der Waals surface area (Å²) in [5.74, 6) is 2.87. The highest BCUT2D eigenvalue weighted by molar-refractivity contribution is 7.99. The molecule has 0 radical (unpaired) electrons. The number of carbonyl (C=O) groups excluding carboxylic acids is 1. The lowest BCUT2D eigenvalue weighted by molar-refractivity contribution is 0.216. The molecule has 0 unspecified atom stereocenters. The monoisotopic (exact) mass is 333 g/mol. The lowest BCUT2D eigenvalue weighted by atomic mass is 10.3. The van der Waals surface area contributed by atoms with Gasteiger partial charge in [0.05, 0.1) is 15.2 Å². The number of fused-ring (bicyclic) bond motifs is 1. The second-order valence-corrected chi connectivity index (χ2v) is 8.18. The van der Waals surface area contributed by atoms with Crippen molar-refractivity contribution in [3.8, 4) is 0 Å². The molecule has 0 atom stereocenters. The van der Waals surface area contributed by atoms with Crippen LogP contribution in [0.5, 0.6) is 0 Å². The Labute approximate surface area is 138 Å². The number of benzene rings is 1. The summed E-state index contributed by atoms with van der Waals surface area (Å²) in [4.78, 5) is 19.0. The molecule has 4 rings (SSSR count). The van der Waals surface area contributed by atoms with Crippen LogP contribution in [0.25, 0.3) is 10.2 Å². The summed E-state index contributed by atoms with van der Waals surface area (Å²) >= 11 is 3.70. The molecule has 1 saturated carbocycles. The maximum absolute atomic E-state index is 12.4. The number of thioether (sulfide) groups is 1. The fraction of sp³-hybridized carbons (Fsp3) is 0.500. The topological polar surface area (TPSA) is 45.2 Å². The van der Waals surface area contributed by atoms with Crippen LogP contribution >= 0.6 is 23.1 Å². The zero-order valence-electron chi connectivity index (χ0n) is 12.4. The predicted molar refractivity (Wildman–Crippen MR) is 94.1 cm³/mol. The van der Waals surface area contributed by atoms with Gasteiger partial charge in [-0.25, -0.2) is 9.78 Å². The van der Waals surface area contributed by atoms with Crippen LogP contribution in [0, 0.1) is 0 Å². The Morgan fingerprint density at radius 3 is 3.05 bits per heavy atom. The van der Waals surface area contributed by atoms with E-state index in [1.54, 1.807) is 11.3 Å². The van der Waals surface area contributed by atoms with E-state index >= 15 is 0 Å². The van der Waals surface area contributed by atoms with Crippen LogP contribution in [0.4, 0.5) is 10.5 Å². The smallest absolute Gasteiger partial charge is 0.321 e. The number of nitrogens with one attached hydrogen (secondary N) is 1. The molecule has 1 aliphatic heterocycles. The van der Waals surface area contributed by atoms with Gasteiger partial charge in [0.25, 0.3) is 0 Å². The molecule has 1 N–H and O–H groups in total. The highest BCUT2D eigenvalue weighted by atomic mass is 32.2. The molecule has 0 spiro atoms. The van der Waals surface area contributed by atoms with E-state index in [9.17, 15) is 4.79 Å². The van der Waals surface area contributed by atoms with E-state index in [-0.39, 0.29) is 6.03 Å². The third-order valence-corrected chi connectivity index (χ3v) is 6.32. The number of carbonyl (C=O) groups is 1. The first-order chi connectivity index (χ1) is 10.8. The van der Waals surface area contributed by atoms with Crippen LogP contribution in [0.15, 0.2) is 18.2 Å². The van der Waals surface area contributed by atoms with Crippen molar-refractivity contribution in [2.75, 3.05) is 29.9 Å². The summed E-state index contributed by atoms with van der Waals surface area (Å²) in [6.07, 6.45) is 3.63. The average Bonchev–Trinajstić information content (AvgIpc) is 3.31. The van der Waals surface area contributed by atoms with Crippen molar-refractivity contribution in [1.82, 2.24) is 9.88 Å². The van der Waals surface area contributed by atoms with Crippen molar-refractivity contribution in [2.24, 2.45) is 0 Å². The van der Waals surface area contributed by atoms with Crippen molar-refractivity contribution < 1.29 is 4.79 Å². The zero-order chi connectivity index (χ0) is 14.9. The van der Waals surface area contributed by atoms with Crippen LogP contribution in [-0.2, 0) is 0 Å². The second kappa shape index (κ2) is 6.08. The summed E-state index contributed by atoms with van der Waals surface area (Å²) < 4.78 is 1.17. The van der Waals surface area contributed by atoms with E-state index in [2.05, 4.69) is 16.4 Å². The molecule has 0 bridgehead atoms. The van der Waals surface area contributed by atoms with E-state index in [0.29, 0.717) is 5.92 Å². The van der Waals surface area contributed by atoms with Gasteiger partial charge in [0.15, 0.2) is 0 Å². The number of hydrogen-bond donors (Lipinski definition) is 1. The number of urea groups is 1. The average molecular weight is 333 g/mol. The van der Waals surface area contributed by atoms with E-state index in [0.717, 1.165) is 42.2 Å². The van der Waals surface area contributed by atoms with Gasteiger partial charge in [0, 0.05) is 30.4 Å². The van der Waals surface area contributed by atoms with Gasteiger partial charge in [-0.3, -0.25) is 0 Å². The molecule has 6 heteroatoms. The largest absolute Gasteiger partial charge is 0.324 e. The predicted octanol–water partition coefficient (Wildman–Crippen LogP) is 4.14. The Kier molecular flexibility index (Phi) is 3.96. The third-order valence-electron chi connectivity index (χ3n) is 4.09. The number of anilines is 1. The van der Waals surface area contributed by atoms with Gasteiger partial charge in [0.2, 0.25) is 0 Å². The number of thiazole rings is 1. The highest BCUT2D eigenvalue weighted by Gasteiger charge is 2.27. The van der Waals surface area contributed by atoms with Gasteiger partial charge in [-0.15, -0.1) is 11.3 Å². The molecule has 2 aliphatic rings. The molecule has 22 heavy (non-hydrogen) atoms. The SMILES string of the molecule is O=C(Nc1ccc2nc(C3CC3)sc2c1)N1CCCSCC1. The van der Waals surface area contributed by atoms with Crippen molar-refractivity contribution in [3.05, 3.63) is 23.2 Å². The Hall–Kier alpha value is -1.27. The summed E-state index contributed by atoms with van der Waals surface area (Å²) in [7, 11) is 0. The standard InChI is InChI=1S/C16H19N3OS2/c20-16(19-6-1-8-21-9-7-19)17-12-4-5-13-14(10-12)22-15(18-13)11-2-3-11/h4-5,10-11H,1-3,6-9H2,(H,17,20). The van der Waals surface area contributed by atoms with Gasteiger partial charge in [-0.05, 0) is 43.2 Å². The minimum atomic E-state index is 0.0220. The number of nitrogens with zero attached hydrogens (tertiary/aromatic N) is 2. The normalized spacial score (nSPS) is 19.2. The van der Waals surface area contributed by atoms with Crippen LogP contribution in [0.1, 0.15) is 30.2 Å². The summed E-state index contributed by atoms with van der Waals surface area (Å²) in [5, 5.41) is 4.30. The van der Waals surface area contributed by atoms with E-state index in [1.807, 2.05) is 28.8 Å². The van der Waals surface area contributed by atoms with Gasteiger partial charge in [0.1, 0.15) is 0 Å². The lowest BCUT2D eigenvalue weighted by Gasteiger charge is -2.20. The van der Waals surface area contributed by atoms with Crippen molar-refractivity contribution >= 4 is 45.0 Å². The molecular weight excluding hydrogens is 314 g/mol. The van der Waals surface area contributed by atoms with Gasteiger partial charge < -0.3 is 10.2 Å². The molecule has 2 fully saturated rings. The van der Waals surface area contributed by atoms with Crippen LogP contribution in [0.2, 0.25) is 0 Å². The fourth-order valence-corrected chi connectivity index (χ4v) is 4.74. The summed E-state index contributed by atoms with van der Waals surface area (Å²) in [6, 6.07) is 6.06. The molecule has 2 heterocycles. The molecule has 2 aromatic rings. The molecule has 116 valence electrons. The molecule has 1 saturated heterocycles. The van der Waals surface area contributed by atoms with Crippen molar-refractivity contribution in [1.29, 1.82) is 0 Å². The second-order valence-electron chi connectivity index (χ2n) is 5.89. The lowest BCUT2D eigenvalue weighted by Crippen LogP contribution is -2.36. The zero-order valence-corrected chi connectivity index (χ0v) is 14.0. The third kappa shape index (κ3) is 3.08. The van der Waals surface area contributed by atoms with E-state index in [4.69, 9.17) is 0 Å². The summed E-state index contributed by atoms with van der Waals surface area (Å²) in [5.41, 5.74) is 1.93. The highest BCUT2D eigenvalue weighted by Crippen LogP contribution is 2.43. The Bertz CT molecular complexity index is 688. The number of hydrogen-bond acceptors (Lipinski definition) is 4. The first kappa shape index (κ1) is 14.3. The van der Waals surface area contributed by atoms with Gasteiger partial charge in [-0.1, -0.05) is 0 Å². The van der Waals surface area contributed by atoms with E-state index < -0.39 is 0 Å². The van der Waals surface area contributed by atoms with Crippen LogP contribution in [0.3, 0.4) is 0 Å². The Morgan fingerprint density at radius 2 is 2.18 bits per heavy atom. The minimum absolute atomic E-state index is 0.0220. The number of aromatic nitrogens is 1. The first-order valence-electron chi connectivity index (χ1n) is 7.84. The number of rotatable bonds is 2. The Balaban J connectivity index is 1.49. The van der Waals surface area contributed by atoms with Crippen molar-refractivity contribution in [2.45, 2.75) is 25.2 Å². The van der Waals surface area contributed by atoms with Gasteiger partial charge >= 0.3 is 6.03 Å². The number of amides is 2. The minimum Gasteiger partial charge on any atom is -0.324 e. The molecule has 1 aliphatic carbocycles. The van der Waals surface area contributed by atoms with Crippen molar-refractivity contribution in [3.63, 3.8) is 0 Å². The quantitative estimate of drug-likeness (QED) is 0.898. The summed E-state index contributed by atoms with van der Waals surface area (Å²) in [6.45, 7) is 1.69. The maximum atomic E-state index is 12.4. The molecular formula is C16H19N3OS2.